The third-order valence-electron chi connectivity index (χ3n) is 10.9. The van der Waals surface area contributed by atoms with Crippen molar-refractivity contribution >= 4 is 46.4 Å². The predicted octanol–water partition coefficient (Wildman–Crippen LogP) is 8.18. The Morgan fingerprint density at radius 1 is 0.959 bits per heavy atom. The van der Waals surface area contributed by atoms with Crippen LogP contribution in [0, 0.1) is 23.1 Å². The maximum absolute atomic E-state index is 16.1. The van der Waals surface area contributed by atoms with E-state index >= 15 is 4.39 Å². The fourth-order valence-electron chi connectivity index (χ4n) is 8.67. The molecule has 1 aliphatic carbocycles. The normalized spacial score (nSPS) is 27.2. The smallest absolute Gasteiger partial charge is 0.237 e. The minimum absolute atomic E-state index is 0.0419. The summed E-state index contributed by atoms with van der Waals surface area (Å²) < 4.78 is 16.1. The van der Waals surface area contributed by atoms with Gasteiger partial charge in [0.15, 0.2) is 5.78 Å². The lowest BCUT2D eigenvalue weighted by atomic mass is 9.62. The fourth-order valence-corrected chi connectivity index (χ4v) is 9.03. The van der Waals surface area contributed by atoms with Gasteiger partial charge < -0.3 is 16.4 Å². The topological polar surface area (TPSA) is 101 Å². The van der Waals surface area contributed by atoms with Crippen LogP contribution in [0.1, 0.15) is 88.3 Å². The largest absolute Gasteiger partial charge is 0.325 e. The van der Waals surface area contributed by atoms with Crippen molar-refractivity contribution in [3.05, 3.63) is 99.3 Å². The molecular formula is C40H46Cl2FN3O3. The van der Waals surface area contributed by atoms with E-state index in [0.29, 0.717) is 42.0 Å². The van der Waals surface area contributed by atoms with Gasteiger partial charge in [-0.15, -0.1) is 0 Å². The maximum atomic E-state index is 16.1. The molecule has 6 nitrogen and oxygen atoms in total. The Bertz CT molecular complexity index is 1720. The Labute approximate surface area is 298 Å². The zero-order chi connectivity index (χ0) is 35.1. The molecule has 6 rings (SSSR count). The number of carbonyl (C=O) groups is 3. The summed E-state index contributed by atoms with van der Waals surface area (Å²) in [6.45, 7) is 6.29. The third-order valence-corrected chi connectivity index (χ3v) is 11.5. The lowest BCUT2D eigenvalue weighted by molar-refractivity contribution is -0.124. The number of rotatable bonds is 10. The summed E-state index contributed by atoms with van der Waals surface area (Å²) in [6, 6.07) is 18.1. The van der Waals surface area contributed by atoms with Crippen LogP contribution in [0.5, 0.6) is 0 Å². The monoisotopic (exact) mass is 705 g/mol. The Balaban J connectivity index is 1.23. The van der Waals surface area contributed by atoms with E-state index < -0.39 is 35.3 Å². The van der Waals surface area contributed by atoms with Crippen LogP contribution in [0.2, 0.25) is 10.0 Å². The highest BCUT2D eigenvalue weighted by Gasteiger charge is 2.66. The number of fused-ring (bicyclic) bond motifs is 2. The van der Waals surface area contributed by atoms with Gasteiger partial charge in [-0.05, 0) is 90.7 Å². The van der Waals surface area contributed by atoms with Gasteiger partial charge in [0.1, 0.15) is 17.0 Å². The Morgan fingerprint density at radius 3 is 2.31 bits per heavy atom. The molecule has 1 spiro atoms. The Hall–Kier alpha value is -3.10. The highest BCUT2D eigenvalue weighted by molar-refractivity contribution is 6.31. The van der Waals surface area contributed by atoms with Crippen LogP contribution >= 0.6 is 23.2 Å². The number of hydrogen-bond acceptors (Lipinski definition) is 5. The van der Waals surface area contributed by atoms with Gasteiger partial charge in [0, 0.05) is 35.5 Å². The Kier molecular flexibility index (Phi) is 10.4. The maximum Gasteiger partial charge on any atom is 0.237 e. The van der Waals surface area contributed by atoms with Crippen molar-refractivity contribution in [2.24, 2.45) is 23.0 Å². The van der Waals surface area contributed by atoms with Crippen molar-refractivity contribution < 1.29 is 18.8 Å². The number of carbonyl (C=O) groups excluding carboxylic acids is 3. The van der Waals surface area contributed by atoms with Crippen LogP contribution in [0.15, 0.2) is 66.7 Å². The van der Waals surface area contributed by atoms with Gasteiger partial charge >= 0.3 is 0 Å². The van der Waals surface area contributed by atoms with E-state index in [0.717, 1.165) is 31.2 Å². The van der Waals surface area contributed by atoms with Crippen molar-refractivity contribution in [3.8, 4) is 0 Å². The molecule has 49 heavy (non-hydrogen) atoms. The molecule has 4 N–H and O–H groups in total. The van der Waals surface area contributed by atoms with Gasteiger partial charge in [0.2, 0.25) is 5.91 Å². The first-order valence-corrected chi connectivity index (χ1v) is 18.2. The summed E-state index contributed by atoms with van der Waals surface area (Å²) >= 11 is 12.7. The molecule has 1 amide bonds. The van der Waals surface area contributed by atoms with E-state index in [2.05, 4.69) is 31.4 Å². The number of halogens is 3. The molecule has 3 aliphatic rings. The van der Waals surface area contributed by atoms with Gasteiger partial charge in [-0.3, -0.25) is 14.4 Å². The number of nitrogens with one attached hydrogen (secondary N) is 2. The van der Waals surface area contributed by atoms with Gasteiger partial charge in [-0.1, -0.05) is 92.5 Å². The lowest BCUT2D eigenvalue weighted by Crippen LogP contribution is -2.49. The number of nitrogens with two attached hydrogens (primary N) is 1. The molecule has 1 saturated heterocycles. The summed E-state index contributed by atoms with van der Waals surface area (Å²) in [5.74, 6) is -1.32. The number of Topliss-reactive ketones (excluding diaryl/α,β-unsaturated/α-hetero) is 2. The fraction of sp³-hybridized carbons (Fsp3) is 0.475. The summed E-state index contributed by atoms with van der Waals surface area (Å²) in [5.41, 5.74) is 7.39. The number of ketones is 2. The molecule has 260 valence electrons. The molecule has 0 unspecified atom stereocenters. The number of anilines is 1. The number of benzene rings is 3. The first-order valence-electron chi connectivity index (χ1n) is 17.4. The van der Waals surface area contributed by atoms with Crippen molar-refractivity contribution in [2.75, 3.05) is 5.32 Å². The SMILES string of the molecule is CC(C)(C)C[C@H]1N[C@@H](C(=O)CC2CCC(CC(=O)[C@@H](N)Cc3ccccc3)CC2)[C@H](c2cccc(Cl)c2F)[C@@]12C(=O)Nc1cc(Cl)ccc12. The second kappa shape index (κ2) is 14.3. The number of hydrogen-bond donors (Lipinski definition) is 3. The third kappa shape index (κ3) is 7.23. The van der Waals surface area contributed by atoms with Gasteiger partial charge in [-0.25, -0.2) is 4.39 Å². The second-order valence-corrected chi connectivity index (χ2v) is 16.5. The molecule has 0 aromatic heterocycles. The van der Waals surface area contributed by atoms with E-state index in [1.54, 1.807) is 24.3 Å². The first kappa shape index (κ1) is 35.7. The van der Waals surface area contributed by atoms with Crippen LogP contribution in [0.4, 0.5) is 10.1 Å². The van der Waals surface area contributed by atoms with Crippen molar-refractivity contribution in [1.82, 2.24) is 5.32 Å². The number of amides is 1. The van der Waals surface area contributed by atoms with Gasteiger partial charge in [0.05, 0.1) is 17.1 Å². The van der Waals surface area contributed by atoms with E-state index in [1.807, 2.05) is 36.4 Å². The molecule has 0 bridgehead atoms. The second-order valence-electron chi connectivity index (χ2n) is 15.6. The van der Waals surface area contributed by atoms with E-state index in [-0.39, 0.29) is 45.3 Å². The first-order chi connectivity index (χ1) is 23.3. The summed E-state index contributed by atoms with van der Waals surface area (Å²) in [6.07, 6.45) is 5.18. The summed E-state index contributed by atoms with van der Waals surface area (Å²) in [5, 5.41) is 7.07. The van der Waals surface area contributed by atoms with E-state index in [9.17, 15) is 14.4 Å². The average molecular weight is 707 g/mol. The molecule has 1 saturated carbocycles. The van der Waals surface area contributed by atoms with Crippen molar-refractivity contribution in [1.29, 1.82) is 0 Å². The Morgan fingerprint density at radius 2 is 1.63 bits per heavy atom. The van der Waals surface area contributed by atoms with Gasteiger partial charge in [-0.2, -0.15) is 0 Å². The standard InChI is InChI=1S/C40H46Cl2FN3O3/c1-39(2,3)22-34-40(28-17-16-26(41)21-31(28)45-38(40)49)35(27-10-7-11-29(42)36(27)43)37(46-34)33(48)20-25-14-12-24(13-15-25)19-32(47)30(44)18-23-8-5-4-6-9-23/h4-11,16-17,21,24-25,30,34-35,37,46H,12-15,18-20,22,44H2,1-3H3,(H,45,49)/t24?,25?,30-,34+,35-,37-,40-/m0/s1. The molecule has 2 heterocycles. The summed E-state index contributed by atoms with van der Waals surface area (Å²) in [7, 11) is 0. The van der Waals surface area contributed by atoms with E-state index in [4.69, 9.17) is 28.9 Å². The molecule has 2 aliphatic heterocycles. The lowest BCUT2D eigenvalue weighted by Gasteiger charge is -2.38. The molecule has 3 aromatic rings. The van der Waals surface area contributed by atoms with Crippen LogP contribution in [-0.4, -0.2) is 35.6 Å². The highest BCUT2D eigenvalue weighted by Crippen LogP contribution is 2.57. The van der Waals surface area contributed by atoms with Crippen LogP contribution in [0.3, 0.4) is 0 Å². The average Bonchev–Trinajstić information content (AvgIpc) is 3.52. The zero-order valence-corrected chi connectivity index (χ0v) is 29.9. The molecule has 5 atom stereocenters. The highest BCUT2D eigenvalue weighted by atomic mass is 35.5. The van der Waals surface area contributed by atoms with Crippen molar-refractivity contribution in [2.45, 2.75) is 102 Å². The van der Waals surface area contributed by atoms with Crippen LogP contribution < -0.4 is 16.4 Å². The summed E-state index contributed by atoms with van der Waals surface area (Å²) in [4.78, 5) is 41.9. The molecule has 2 fully saturated rings. The zero-order valence-electron chi connectivity index (χ0n) is 28.4. The van der Waals surface area contributed by atoms with Gasteiger partial charge in [0.25, 0.3) is 0 Å². The quantitative estimate of drug-likeness (QED) is 0.198. The van der Waals surface area contributed by atoms with Crippen LogP contribution in [-0.2, 0) is 26.2 Å². The molecule has 0 radical (unpaired) electrons. The van der Waals surface area contributed by atoms with Crippen molar-refractivity contribution in [3.63, 3.8) is 0 Å². The minimum Gasteiger partial charge on any atom is -0.325 e. The molecular weight excluding hydrogens is 660 g/mol. The minimum atomic E-state index is -1.27. The van der Waals surface area contributed by atoms with E-state index in [1.165, 1.54) is 6.07 Å². The molecule has 9 heteroatoms. The predicted molar refractivity (Wildman–Crippen MR) is 194 cm³/mol. The molecule has 3 aromatic carbocycles. The van der Waals surface area contributed by atoms with Crippen LogP contribution in [0.25, 0.3) is 0 Å².